The maximum atomic E-state index is 10.5. The van der Waals surface area contributed by atoms with Gasteiger partial charge in [0.25, 0.3) is 0 Å². The average molecular weight is 365 g/mol. The van der Waals surface area contributed by atoms with Gasteiger partial charge in [-0.1, -0.05) is 0 Å². The zero-order valence-electron chi connectivity index (χ0n) is 15.1. The van der Waals surface area contributed by atoms with E-state index in [1.165, 1.54) is 5.69 Å². The second-order valence-corrected chi connectivity index (χ2v) is 7.75. The second kappa shape index (κ2) is 6.45. The Morgan fingerprint density at radius 2 is 1.96 bits per heavy atom. The minimum Gasteiger partial charge on any atom is -0.391 e. The van der Waals surface area contributed by atoms with Gasteiger partial charge in [-0.15, -0.1) is 0 Å². The number of nitrogens with zero attached hydrogens (tertiary/aromatic N) is 6. The van der Waals surface area contributed by atoms with E-state index in [4.69, 9.17) is 0 Å². The average Bonchev–Trinajstić information content (AvgIpc) is 3.18. The van der Waals surface area contributed by atoms with E-state index < -0.39 is 0 Å². The van der Waals surface area contributed by atoms with E-state index in [2.05, 4.69) is 41.0 Å². The molecular weight excluding hydrogens is 342 g/mol. The van der Waals surface area contributed by atoms with Crippen LogP contribution in [0.3, 0.4) is 0 Å². The molecule has 0 amide bonds. The van der Waals surface area contributed by atoms with Crippen molar-refractivity contribution in [3.05, 3.63) is 37.1 Å². The molecular formula is C19H23N7O. The van der Waals surface area contributed by atoms with E-state index in [-0.39, 0.29) is 11.5 Å². The van der Waals surface area contributed by atoms with Crippen molar-refractivity contribution >= 4 is 22.5 Å². The summed E-state index contributed by atoms with van der Waals surface area (Å²) < 4.78 is 0. The summed E-state index contributed by atoms with van der Waals surface area (Å²) in [5, 5.41) is 18.7. The molecule has 5 heterocycles. The van der Waals surface area contributed by atoms with Crippen LogP contribution < -0.4 is 9.80 Å². The number of hydrogen-bond acceptors (Lipinski definition) is 7. The van der Waals surface area contributed by atoms with Crippen molar-refractivity contribution in [2.75, 3.05) is 36.0 Å². The number of aromatic nitrogens is 5. The van der Waals surface area contributed by atoms with Crippen molar-refractivity contribution in [2.45, 2.75) is 25.4 Å². The Morgan fingerprint density at radius 3 is 2.78 bits per heavy atom. The lowest BCUT2D eigenvalue weighted by Crippen LogP contribution is -2.54. The van der Waals surface area contributed by atoms with Crippen molar-refractivity contribution in [3.63, 3.8) is 0 Å². The number of pyridine rings is 1. The van der Waals surface area contributed by atoms with Crippen LogP contribution in [0.25, 0.3) is 11.0 Å². The van der Waals surface area contributed by atoms with Crippen LogP contribution in [0.2, 0.25) is 0 Å². The standard InChI is InChI=1S/C19H23N7O/c27-14-9-19(13-26(12-14)17-11-20-5-6-21-17)2-7-25(8-3-19)16-1-4-22-18-15(16)10-23-24-18/h1,4-6,10-11,14,27H,2-3,7-9,12-13H2,(H,22,23,24). The fourth-order valence-corrected chi connectivity index (χ4v) is 4.68. The summed E-state index contributed by atoms with van der Waals surface area (Å²) in [7, 11) is 0. The summed E-state index contributed by atoms with van der Waals surface area (Å²) in [5.74, 6) is 0.854. The topological polar surface area (TPSA) is 94.1 Å². The molecule has 3 aromatic rings. The number of H-pyrrole nitrogens is 1. The minimum absolute atomic E-state index is 0.119. The normalized spacial score (nSPS) is 22.5. The molecule has 2 aliphatic heterocycles. The van der Waals surface area contributed by atoms with Gasteiger partial charge in [0.2, 0.25) is 0 Å². The Labute approximate surface area is 157 Å². The summed E-state index contributed by atoms with van der Waals surface area (Å²) in [6.07, 6.45) is 11.5. The molecule has 8 heteroatoms. The maximum absolute atomic E-state index is 10.5. The summed E-state index contributed by atoms with van der Waals surface area (Å²) >= 11 is 0. The first-order valence-electron chi connectivity index (χ1n) is 9.45. The van der Waals surface area contributed by atoms with Gasteiger partial charge >= 0.3 is 0 Å². The number of piperidine rings is 2. The van der Waals surface area contributed by atoms with Gasteiger partial charge < -0.3 is 14.9 Å². The molecule has 3 aromatic heterocycles. The molecule has 8 nitrogen and oxygen atoms in total. The van der Waals surface area contributed by atoms with Gasteiger partial charge in [-0.05, 0) is 30.7 Å². The van der Waals surface area contributed by atoms with Gasteiger partial charge in [-0.25, -0.2) is 9.97 Å². The fraction of sp³-hybridized carbons (Fsp3) is 0.474. The molecule has 5 rings (SSSR count). The highest BCUT2D eigenvalue weighted by Gasteiger charge is 2.42. The van der Waals surface area contributed by atoms with Crippen LogP contribution in [0.1, 0.15) is 19.3 Å². The number of hydrogen-bond donors (Lipinski definition) is 2. The second-order valence-electron chi connectivity index (χ2n) is 7.75. The van der Waals surface area contributed by atoms with Crippen LogP contribution >= 0.6 is 0 Å². The summed E-state index contributed by atoms with van der Waals surface area (Å²) in [4.78, 5) is 17.6. The first-order chi connectivity index (χ1) is 13.2. The minimum atomic E-state index is -0.325. The number of β-amino-alcohol motifs (C(OH)–C–C–N with tert-alkyl or cyclic N) is 1. The van der Waals surface area contributed by atoms with Gasteiger partial charge in [-0.3, -0.25) is 10.1 Å². The smallest absolute Gasteiger partial charge is 0.157 e. The number of anilines is 2. The van der Waals surface area contributed by atoms with E-state index >= 15 is 0 Å². The molecule has 2 saturated heterocycles. The van der Waals surface area contributed by atoms with E-state index in [1.807, 2.05) is 12.4 Å². The van der Waals surface area contributed by atoms with Gasteiger partial charge in [0.05, 0.1) is 29.6 Å². The summed E-state index contributed by atoms with van der Waals surface area (Å²) in [6, 6.07) is 2.07. The first kappa shape index (κ1) is 16.4. The van der Waals surface area contributed by atoms with Crippen LogP contribution in [-0.2, 0) is 0 Å². The number of aliphatic hydroxyl groups excluding tert-OH is 1. The van der Waals surface area contributed by atoms with Crippen LogP contribution in [-0.4, -0.2) is 62.5 Å². The molecule has 1 atom stereocenters. The van der Waals surface area contributed by atoms with Crippen molar-refractivity contribution in [1.29, 1.82) is 0 Å². The van der Waals surface area contributed by atoms with E-state index in [1.54, 1.807) is 18.6 Å². The lowest BCUT2D eigenvalue weighted by atomic mass is 9.71. The molecule has 2 fully saturated rings. The quantitative estimate of drug-likeness (QED) is 0.712. The molecule has 2 N–H and O–H groups in total. The Morgan fingerprint density at radius 1 is 1.07 bits per heavy atom. The van der Waals surface area contributed by atoms with Crippen LogP contribution in [0.15, 0.2) is 37.1 Å². The molecule has 1 spiro atoms. The molecule has 27 heavy (non-hydrogen) atoms. The fourth-order valence-electron chi connectivity index (χ4n) is 4.68. The van der Waals surface area contributed by atoms with Crippen LogP contribution in [0.5, 0.6) is 0 Å². The Bertz CT molecular complexity index is 920. The van der Waals surface area contributed by atoms with Gasteiger partial charge in [-0.2, -0.15) is 5.10 Å². The van der Waals surface area contributed by atoms with Crippen molar-refractivity contribution in [3.8, 4) is 0 Å². The predicted octanol–water partition coefficient (Wildman–Crippen LogP) is 1.61. The zero-order valence-corrected chi connectivity index (χ0v) is 15.1. The maximum Gasteiger partial charge on any atom is 0.157 e. The van der Waals surface area contributed by atoms with E-state index in [0.717, 1.165) is 55.7 Å². The monoisotopic (exact) mass is 365 g/mol. The molecule has 1 unspecified atom stereocenters. The number of fused-ring (bicyclic) bond motifs is 1. The lowest BCUT2D eigenvalue weighted by Gasteiger charge is -2.49. The molecule has 0 aliphatic carbocycles. The van der Waals surface area contributed by atoms with Crippen molar-refractivity contribution in [1.82, 2.24) is 25.1 Å². The number of rotatable bonds is 2. The number of aliphatic hydroxyl groups is 1. The Balaban J connectivity index is 1.35. The molecule has 2 aliphatic rings. The van der Waals surface area contributed by atoms with Crippen LogP contribution in [0.4, 0.5) is 11.5 Å². The number of aromatic amines is 1. The number of nitrogens with one attached hydrogen (secondary N) is 1. The SMILES string of the molecule is OC1CN(c2cnccn2)CC2(CCN(c3ccnc4[nH]ncc34)CC2)C1. The Kier molecular flexibility index (Phi) is 3.93. The molecule has 0 aromatic carbocycles. The largest absolute Gasteiger partial charge is 0.391 e. The third-order valence-electron chi connectivity index (χ3n) is 6.00. The highest BCUT2D eigenvalue weighted by molar-refractivity contribution is 5.88. The molecule has 0 bridgehead atoms. The molecule has 0 radical (unpaired) electrons. The summed E-state index contributed by atoms with van der Waals surface area (Å²) in [5.41, 5.74) is 2.13. The highest BCUT2D eigenvalue weighted by atomic mass is 16.3. The third kappa shape index (κ3) is 2.99. The highest BCUT2D eigenvalue weighted by Crippen LogP contribution is 2.42. The van der Waals surface area contributed by atoms with Gasteiger partial charge in [0, 0.05) is 44.8 Å². The van der Waals surface area contributed by atoms with Gasteiger partial charge in [0.15, 0.2) is 5.65 Å². The lowest BCUT2D eigenvalue weighted by molar-refractivity contribution is 0.0595. The molecule has 0 saturated carbocycles. The van der Waals surface area contributed by atoms with Crippen molar-refractivity contribution < 1.29 is 5.11 Å². The van der Waals surface area contributed by atoms with E-state index in [0.29, 0.717) is 6.54 Å². The third-order valence-corrected chi connectivity index (χ3v) is 6.00. The van der Waals surface area contributed by atoms with Crippen LogP contribution in [0, 0.1) is 5.41 Å². The first-order valence-corrected chi connectivity index (χ1v) is 9.45. The Hall–Kier alpha value is -2.74. The molecule has 140 valence electrons. The summed E-state index contributed by atoms with van der Waals surface area (Å²) in [6.45, 7) is 3.48. The zero-order chi connectivity index (χ0) is 18.3. The van der Waals surface area contributed by atoms with Crippen molar-refractivity contribution in [2.24, 2.45) is 5.41 Å². The predicted molar refractivity (Wildman–Crippen MR) is 103 cm³/mol. The van der Waals surface area contributed by atoms with E-state index in [9.17, 15) is 5.11 Å². The van der Waals surface area contributed by atoms with Gasteiger partial charge in [0.1, 0.15) is 5.82 Å².